The molecule has 238 valence electrons. The second-order valence-corrected chi connectivity index (χ2v) is 11.7. The van der Waals surface area contributed by atoms with Crippen molar-refractivity contribution in [1.29, 1.82) is 0 Å². The molecule has 0 aromatic heterocycles. The molecular formula is C34H47N5O5. The van der Waals surface area contributed by atoms with E-state index in [0.29, 0.717) is 13.1 Å². The molecular weight excluding hydrogens is 558 g/mol. The van der Waals surface area contributed by atoms with E-state index in [1.165, 1.54) is 16.8 Å². The topological polar surface area (TPSA) is 119 Å². The maximum atomic E-state index is 14.3. The maximum Gasteiger partial charge on any atom is 0.246 e. The number of hydrogen-bond donors (Lipinski definition) is 2. The molecule has 3 rings (SSSR count). The summed E-state index contributed by atoms with van der Waals surface area (Å²) in [6.07, 6.45) is 3.41. The molecule has 0 spiro atoms. The molecule has 0 bridgehead atoms. The monoisotopic (exact) mass is 605 g/mol. The normalized spacial score (nSPS) is 15.7. The Hall–Kier alpha value is -4.21. The molecule has 0 unspecified atom stereocenters. The zero-order valence-electron chi connectivity index (χ0n) is 26.6. The van der Waals surface area contributed by atoms with Gasteiger partial charge in [-0.1, -0.05) is 67.6 Å². The van der Waals surface area contributed by atoms with Crippen molar-refractivity contribution in [2.24, 2.45) is 5.92 Å². The number of nitrogens with zero attached hydrogens (tertiary/aromatic N) is 3. The van der Waals surface area contributed by atoms with Crippen LogP contribution in [-0.4, -0.2) is 96.6 Å². The summed E-state index contributed by atoms with van der Waals surface area (Å²) in [6.45, 7) is 4.68. The first kappa shape index (κ1) is 34.3. The third kappa shape index (κ3) is 9.39. The number of benzene rings is 2. The van der Waals surface area contributed by atoms with Gasteiger partial charge in [0.05, 0.1) is 0 Å². The lowest BCUT2D eigenvalue weighted by atomic mass is 9.98. The van der Waals surface area contributed by atoms with Crippen LogP contribution >= 0.6 is 0 Å². The first-order valence-electron chi connectivity index (χ1n) is 15.4. The van der Waals surface area contributed by atoms with Gasteiger partial charge in [-0.15, -0.1) is 0 Å². The highest BCUT2D eigenvalue weighted by molar-refractivity contribution is 5.95. The van der Waals surface area contributed by atoms with Crippen LogP contribution in [0.2, 0.25) is 0 Å². The van der Waals surface area contributed by atoms with Gasteiger partial charge in [-0.2, -0.15) is 0 Å². The Labute approximate surface area is 261 Å². The van der Waals surface area contributed by atoms with Crippen molar-refractivity contribution in [2.45, 2.75) is 70.5 Å². The van der Waals surface area contributed by atoms with Gasteiger partial charge in [0, 0.05) is 59.4 Å². The van der Waals surface area contributed by atoms with Crippen LogP contribution in [0.5, 0.6) is 0 Å². The molecule has 10 heteroatoms. The number of likely N-dealkylation sites (tertiary alicyclic amines) is 1. The van der Waals surface area contributed by atoms with Gasteiger partial charge in [-0.05, 0) is 37.3 Å². The number of hydrogen-bond acceptors (Lipinski definition) is 5. The van der Waals surface area contributed by atoms with Crippen molar-refractivity contribution in [3.05, 3.63) is 71.8 Å². The SMILES string of the molecule is CNC(=O)C[C@H](C)C(=O)N(C)[C@@H](Cc1ccccc1)C(=O)N(C)[C@@H](Cc1ccccc1)C(=O)N[C@@H](C)C(=O)N1CCCCC1. The molecule has 2 N–H and O–H groups in total. The Bertz CT molecular complexity index is 1270. The third-order valence-corrected chi connectivity index (χ3v) is 8.35. The van der Waals surface area contributed by atoms with E-state index in [4.69, 9.17) is 0 Å². The van der Waals surface area contributed by atoms with Gasteiger partial charge >= 0.3 is 0 Å². The van der Waals surface area contributed by atoms with Crippen molar-refractivity contribution in [2.75, 3.05) is 34.2 Å². The van der Waals surface area contributed by atoms with Crippen LogP contribution in [0.25, 0.3) is 0 Å². The van der Waals surface area contributed by atoms with Gasteiger partial charge in [0.25, 0.3) is 0 Å². The van der Waals surface area contributed by atoms with Gasteiger partial charge in [-0.3, -0.25) is 24.0 Å². The number of likely N-dealkylation sites (N-methyl/N-ethyl adjacent to an activating group) is 2. The zero-order chi connectivity index (χ0) is 32.2. The summed E-state index contributed by atoms with van der Waals surface area (Å²) in [6, 6.07) is 16.1. The van der Waals surface area contributed by atoms with Crippen LogP contribution in [0.4, 0.5) is 0 Å². The molecule has 0 aliphatic carbocycles. The summed E-state index contributed by atoms with van der Waals surface area (Å²) < 4.78 is 0. The molecule has 1 saturated heterocycles. The molecule has 10 nitrogen and oxygen atoms in total. The standard InChI is InChI=1S/C34H47N5O5/c1-24(21-30(40)35-3)32(42)38(5)29(23-27-17-11-7-12-18-27)34(44)37(4)28(22-26-15-9-6-10-16-26)31(41)36-25(2)33(43)39-19-13-8-14-20-39/h6-7,9-12,15-18,24-25,28-29H,8,13-14,19-23H2,1-5H3,(H,35,40)(H,36,41)/t24-,25-,28-,29-/m0/s1. The van der Waals surface area contributed by atoms with Crippen LogP contribution in [-0.2, 0) is 36.8 Å². The predicted octanol–water partition coefficient (Wildman–Crippen LogP) is 2.42. The lowest BCUT2D eigenvalue weighted by molar-refractivity contribution is -0.149. The van der Waals surface area contributed by atoms with Crippen LogP contribution in [0.15, 0.2) is 60.7 Å². The van der Waals surface area contributed by atoms with E-state index >= 15 is 0 Å². The lowest BCUT2D eigenvalue weighted by Crippen LogP contribution is -2.58. The minimum absolute atomic E-state index is 0.0102. The highest BCUT2D eigenvalue weighted by Gasteiger charge is 2.37. The van der Waals surface area contributed by atoms with E-state index in [1.807, 2.05) is 60.7 Å². The molecule has 0 saturated carbocycles. The van der Waals surface area contributed by atoms with Crippen LogP contribution < -0.4 is 10.6 Å². The van der Waals surface area contributed by atoms with E-state index in [1.54, 1.807) is 32.8 Å². The molecule has 1 aliphatic rings. The van der Waals surface area contributed by atoms with Crippen molar-refractivity contribution >= 4 is 29.5 Å². The van der Waals surface area contributed by atoms with Crippen LogP contribution in [0.1, 0.15) is 50.7 Å². The number of carbonyl (C=O) groups is 5. The van der Waals surface area contributed by atoms with Crippen LogP contribution in [0, 0.1) is 5.92 Å². The quantitative estimate of drug-likeness (QED) is 0.364. The van der Waals surface area contributed by atoms with Crippen LogP contribution in [0.3, 0.4) is 0 Å². The number of amides is 5. The molecule has 44 heavy (non-hydrogen) atoms. The molecule has 4 atom stereocenters. The van der Waals surface area contributed by atoms with E-state index in [-0.39, 0.29) is 37.0 Å². The molecule has 2 aromatic rings. The van der Waals surface area contributed by atoms with Crippen molar-refractivity contribution in [3.8, 4) is 0 Å². The van der Waals surface area contributed by atoms with Crippen molar-refractivity contribution in [1.82, 2.24) is 25.3 Å². The molecule has 1 heterocycles. The van der Waals surface area contributed by atoms with Gasteiger partial charge in [-0.25, -0.2) is 0 Å². The minimum Gasteiger partial charge on any atom is -0.359 e. The average molecular weight is 606 g/mol. The summed E-state index contributed by atoms with van der Waals surface area (Å²) >= 11 is 0. The van der Waals surface area contributed by atoms with E-state index in [0.717, 1.165) is 30.4 Å². The van der Waals surface area contributed by atoms with Gasteiger partial charge in [0.15, 0.2) is 0 Å². The van der Waals surface area contributed by atoms with Gasteiger partial charge in [0.2, 0.25) is 29.5 Å². The Morgan fingerprint density at radius 2 is 1.25 bits per heavy atom. The highest BCUT2D eigenvalue weighted by Crippen LogP contribution is 2.18. The zero-order valence-corrected chi connectivity index (χ0v) is 26.6. The summed E-state index contributed by atoms with van der Waals surface area (Å²) in [7, 11) is 4.64. The lowest BCUT2D eigenvalue weighted by Gasteiger charge is -2.36. The van der Waals surface area contributed by atoms with E-state index < -0.39 is 35.9 Å². The molecule has 1 aliphatic heterocycles. The minimum atomic E-state index is -0.938. The fraction of sp³-hybridized carbons (Fsp3) is 0.500. The summed E-state index contributed by atoms with van der Waals surface area (Å²) in [4.78, 5) is 71.3. The smallest absolute Gasteiger partial charge is 0.246 e. The number of piperidine rings is 1. The predicted molar refractivity (Wildman–Crippen MR) is 169 cm³/mol. The maximum absolute atomic E-state index is 14.3. The molecule has 5 amide bonds. The number of carbonyl (C=O) groups excluding carboxylic acids is 5. The van der Waals surface area contributed by atoms with E-state index in [9.17, 15) is 24.0 Å². The van der Waals surface area contributed by atoms with Gasteiger partial charge in [0.1, 0.15) is 18.1 Å². The van der Waals surface area contributed by atoms with E-state index in [2.05, 4.69) is 10.6 Å². The summed E-state index contributed by atoms with van der Waals surface area (Å²) in [5.74, 6) is -2.26. The largest absolute Gasteiger partial charge is 0.359 e. The summed E-state index contributed by atoms with van der Waals surface area (Å²) in [5.41, 5.74) is 1.70. The Morgan fingerprint density at radius 1 is 0.750 bits per heavy atom. The molecule has 0 radical (unpaired) electrons. The second-order valence-electron chi connectivity index (χ2n) is 11.7. The second kappa shape index (κ2) is 16.6. The Balaban J connectivity index is 1.89. The third-order valence-electron chi connectivity index (χ3n) is 8.35. The van der Waals surface area contributed by atoms with Crippen molar-refractivity contribution in [3.63, 3.8) is 0 Å². The molecule has 1 fully saturated rings. The average Bonchev–Trinajstić information content (AvgIpc) is 3.05. The molecule has 2 aromatic carbocycles. The fourth-order valence-corrected chi connectivity index (χ4v) is 5.59. The number of rotatable bonds is 13. The summed E-state index contributed by atoms with van der Waals surface area (Å²) in [5, 5.41) is 5.41. The first-order valence-corrected chi connectivity index (χ1v) is 15.4. The Morgan fingerprint density at radius 3 is 1.77 bits per heavy atom. The fourth-order valence-electron chi connectivity index (χ4n) is 5.59. The Kier molecular flexibility index (Phi) is 12.9. The first-order chi connectivity index (χ1) is 21.0. The highest BCUT2D eigenvalue weighted by atomic mass is 16.2. The number of nitrogens with one attached hydrogen (secondary N) is 2. The van der Waals surface area contributed by atoms with Gasteiger partial charge < -0.3 is 25.3 Å². The van der Waals surface area contributed by atoms with Crippen molar-refractivity contribution < 1.29 is 24.0 Å².